The van der Waals surface area contributed by atoms with Crippen LogP contribution in [0.1, 0.15) is 104 Å². The molecular formula is C70H66N2O19. The average Bonchev–Trinajstić information content (AvgIpc) is 0.669. The van der Waals surface area contributed by atoms with Crippen molar-refractivity contribution in [2.75, 3.05) is 6.61 Å². The number of phenolic OH excluding ortho intramolecular Hbond substituents is 1. The zero-order valence-electron chi connectivity index (χ0n) is 50.6. The molecule has 2 saturated carbocycles. The summed E-state index contributed by atoms with van der Waals surface area (Å²) in [6.45, 7) is 8.96. The van der Waals surface area contributed by atoms with Crippen molar-refractivity contribution in [1.82, 2.24) is 10.6 Å². The predicted octanol–water partition coefficient (Wildman–Crippen LogP) is 7.89. The lowest BCUT2D eigenvalue weighted by atomic mass is 9.45. The molecule has 5 aromatic carbocycles. The van der Waals surface area contributed by atoms with Gasteiger partial charge in [0.25, 0.3) is 11.8 Å². The number of hydrogen-bond acceptors (Lipinski definition) is 19. The number of aromatic hydroxyl groups is 1. The van der Waals surface area contributed by atoms with Gasteiger partial charge in [-0.25, -0.2) is 14.4 Å². The lowest BCUT2D eigenvalue weighted by Crippen LogP contribution is -2.81. The molecule has 0 aromatic heterocycles. The van der Waals surface area contributed by atoms with Crippen LogP contribution in [0.25, 0.3) is 33.4 Å². The van der Waals surface area contributed by atoms with Crippen LogP contribution < -0.4 is 16.1 Å². The minimum atomic E-state index is -2.58. The number of fused-ring (bicyclic) bond motifs is 7. The van der Waals surface area contributed by atoms with E-state index in [1.807, 2.05) is 0 Å². The van der Waals surface area contributed by atoms with Crippen LogP contribution in [0.4, 0.5) is 0 Å². The fourth-order valence-electron chi connectivity index (χ4n) is 13.9. The highest BCUT2D eigenvalue weighted by Gasteiger charge is 2.79. The number of hydrogen-bond donors (Lipinski definition) is 5. The SMILES string of the molecule is CC(=O)O/C1=C2\C(C)[C@@H](OC(=O)[C@H](O)[C@@H](NC(=O)c3ccccc3)c3ccccc3)C[C@@](O)([C@@H](OC(=O)c3ccccc3)C3[C@](C)(C1=O)[C@@H](OC(=O)[C@H](C)NC(=O)c1ccc(-c4c5ccc(=O)cc-5oc5cc(O)ccc45)cc1)C[C@H]1OC[C@@]31OC(C)=O)C2(C)C. The van der Waals surface area contributed by atoms with Crippen molar-refractivity contribution in [3.63, 3.8) is 0 Å². The zero-order valence-corrected chi connectivity index (χ0v) is 50.6. The lowest BCUT2D eigenvalue weighted by molar-refractivity contribution is -0.346. The number of esters is 5. The Hall–Kier alpha value is -9.83. The van der Waals surface area contributed by atoms with Gasteiger partial charge in [0, 0.05) is 77.8 Å². The molecule has 91 heavy (non-hydrogen) atoms. The van der Waals surface area contributed by atoms with E-state index in [-0.39, 0.29) is 45.6 Å². The van der Waals surface area contributed by atoms with Gasteiger partial charge in [-0.15, -0.1) is 0 Å². The van der Waals surface area contributed by atoms with Gasteiger partial charge in [-0.2, -0.15) is 0 Å². The normalized spacial score (nSPS) is 26.5. The molecule has 2 heterocycles. The molecule has 5 N–H and O–H groups in total. The maximum absolute atomic E-state index is 16.5. The van der Waals surface area contributed by atoms with Gasteiger partial charge in [-0.1, -0.05) is 99.6 Å². The molecule has 4 aliphatic carbocycles. The highest BCUT2D eigenvalue weighted by molar-refractivity contribution is 6.04. The van der Waals surface area contributed by atoms with E-state index < -0.39 is 143 Å². The van der Waals surface area contributed by atoms with Crippen LogP contribution in [-0.4, -0.2) is 117 Å². The number of rotatable bonds is 15. The van der Waals surface area contributed by atoms with Crippen molar-refractivity contribution >= 4 is 58.4 Å². The Morgan fingerprint density at radius 3 is 1.96 bits per heavy atom. The number of phenols is 1. The van der Waals surface area contributed by atoms with Crippen molar-refractivity contribution in [3.8, 4) is 28.2 Å². The van der Waals surface area contributed by atoms with Crippen LogP contribution in [0.5, 0.6) is 5.75 Å². The number of carbonyl (C=O) groups excluding carboxylic acids is 8. The molecule has 21 heteroatoms. The summed E-state index contributed by atoms with van der Waals surface area (Å²) in [5, 5.41) is 42.6. The largest absolute Gasteiger partial charge is 0.508 e. The fraction of sp³-hybridized carbons (Fsp3) is 0.329. The molecule has 21 nitrogen and oxygen atoms in total. The molecule has 2 amide bonds. The molecule has 12 atom stereocenters. The van der Waals surface area contributed by atoms with Crippen LogP contribution >= 0.6 is 0 Å². The third kappa shape index (κ3) is 11.2. The molecule has 6 aliphatic rings. The lowest BCUT2D eigenvalue weighted by Gasteiger charge is -2.67. The van der Waals surface area contributed by atoms with E-state index in [1.54, 1.807) is 110 Å². The molecule has 1 saturated heterocycles. The first kappa shape index (κ1) is 62.8. The van der Waals surface area contributed by atoms with Crippen LogP contribution in [0, 0.1) is 22.7 Å². The summed E-state index contributed by atoms with van der Waals surface area (Å²) in [7, 11) is 0. The second-order valence-electron chi connectivity index (χ2n) is 24.4. The molecule has 2 bridgehead atoms. The molecule has 2 aliphatic heterocycles. The Morgan fingerprint density at radius 2 is 1.33 bits per heavy atom. The van der Waals surface area contributed by atoms with Gasteiger partial charge in [-0.05, 0) is 91.2 Å². The summed E-state index contributed by atoms with van der Waals surface area (Å²) in [5.74, 6) is -11.2. The van der Waals surface area contributed by atoms with E-state index in [4.69, 9.17) is 32.8 Å². The monoisotopic (exact) mass is 1240 g/mol. The second-order valence-corrected chi connectivity index (χ2v) is 24.4. The summed E-state index contributed by atoms with van der Waals surface area (Å²) in [6.07, 6.45) is -9.67. The Bertz CT molecular complexity index is 4110. The molecule has 0 spiro atoms. The summed E-state index contributed by atoms with van der Waals surface area (Å²) in [5.41, 5.74) is -6.39. The summed E-state index contributed by atoms with van der Waals surface area (Å²) >= 11 is 0. The van der Waals surface area contributed by atoms with Gasteiger partial charge in [0.2, 0.25) is 5.78 Å². The highest BCUT2D eigenvalue weighted by Crippen LogP contribution is 2.65. The first-order valence-electron chi connectivity index (χ1n) is 29.7. The average molecular weight is 1240 g/mol. The van der Waals surface area contributed by atoms with E-state index in [1.165, 1.54) is 76.2 Å². The number of amides is 2. The molecule has 470 valence electrons. The standard InChI is InChI=1S/C70H66N2O19/c1-36-51(88-66(83)57(77)56(41-17-11-8-12-18-41)72-63(80)42-19-13-9-14-20-42)34-70(84)61(90-65(82)44-21-15-10-16-22-44)59-68(7,60(78)58(86-38(3)73)55(36)67(70,5)6)52(33-53-69(59,35-85-53)91-39(4)74)89-64(81)37(2)71-62(79)43-25-23-40(24-26-43)54-47-29-27-45(75)31-49(47)87-50-32-46(76)28-30-48(50)54/h8-32,36-37,51-53,56-57,59,61,75,77,84H,33-35H2,1-7H3,(H,71,79)(H,72,80)/b58-55+/t36?,37-,51-,52-,53+,56-,57+,59?,61-,68+,69-,70+/m0/s1. The van der Waals surface area contributed by atoms with E-state index in [0.29, 0.717) is 33.2 Å². The van der Waals surface area contributed by atoms with Gasteiger partial charge >= 0.3 is 29.8 Å². The van der Waals surface area contributed by atoms with Gasteiger partial charge in [0.1, 0.15) is 53.2 Å². The van der Waals surface area contributed by atoms with E-state index in [0.717, 1.165) is 13.8 Å². The summed E-state index contributed by atoms with van der Waals surface area (Å²) < 4.78 is 43.7. The van der Waals surface area contributed by atoms with Crippen molar-refractivity contribution < 1.29 is 86.5 Å². The zero-order chi connectivity index (χ0) is 65.1. The minimum Gasteiger partial charge on any atom is -0.508 e. The van der Waals surface area contributed by atoms with Crippen LogP contribution in [0.3, 0.4) is 0 Å². The number of carbonyl (C=O) groups is 8. The van der Waals surface area contributed by atoms with E-state index >= 15 is 4.79 Å². The van der Waals surface area contributed by atoms with Crippen molar-refractivity contribution in [2.24, 2.45) is 22.7 Å². The van der Waals surface area contributed by atoms with E-state index in [9.17, 15) is 53.7 Å². The van der Waals surface area contributed by atoms with Crippen LogP contribution in [0.15, 0.2) is 172 Å². The maximum atomic E-state index is 16.5. The second kappa shape index (κ2) is 24.2. The molecule has 11 rings (SSSR count). The molecular weight excluding hydrogens is 1170 g/mol. The number of ketones is 1. The number of aliphatic hydroxyl groups is 2. The fourth-order valence-corrected chi connectivity index (χ4v) is 13.9. The van der Waals surface area contributed by atoms with Gasteiger partial charge in [0.15, 0.2) is 22.9 Å². The maximum Gasteiger partial charge on any atom is 0.338 e. The van der Waals surface area contributed by atoms with E-state index in [2.05, 4.69) is 10.6 Å². The number of Topliss-reactive ketones (excluding diaryl/α,β-unsaturated/α-hetero) is 1. The first-order valence-corrected chi connectivity index (χ1v) is 29.7. The van der Waals surface area contributed by atoms with Crippen molar-refractivity contribution in [3.05, 3.63) is 195 Å². The number of aliphatic hydroxyl groups excluding tert-OH is 1. The molecule has 3 fully saturated rings. The Labute approximate surface area is 521 Å². The van der Waals surface area contributed by atoms with Crippen molar-refractivity contribution in [2.45, 2.75) is 115 Å². The number of allylic oxidation sites excluding steroid dienone is 1. The van der Waals surface area contributed by atoms with Gasteiger partial charge in [-0.3, -0.25) is 28.8 Å². The van der Waals surface area contributed by atoms with Crippen LogP contribution in [-0.2, 0) is 52.4 Å². The highest BCUT2D eigenvalue weighted by atomic mass is 16.6. The minimum absolute atomic E-state index is 0.0193. The Balaban J connectivity index is 0.973. The summed E-state index contributed by atoms with van der Waals surface area (Å²) in [4.78, 5) is 128. The quantitative estimate of drug-likeness (QED) is 0.0370. The summed E-state index contributed by atoms with van der Waals surface area (Å²) in [6, 6.07) is 36.3. The Kier molecular flexibility index (Phi) is 16.7. The van der Waals surface area contributed by atoms with Gasteiger partial charge in [0.05, 0.1) is 29.5 Å². The molecule has 2 unspecified atom stereocenters. The molecule has 5 aromatic rings. The molecule has 0 radical (unpaired) electrons. The number of nitrogens with one attached hydrogen (secondary N) is 2. The Morgan fingerprint density at radius 1 is 0.703 bits per heavy atom. The number of ether oxygens (including phenoxy) is 6. The predicted molar refractivity (Wildman–Crippen MR) is 324 cm³/mol. The van der Waals surface area contributed by atoms with Crippen LogP contribution in [0.2, 0.25) is 0 Å². The number of benzene rings is 6. The first-order chi connectivity index (χ1) is 43.3. The third-order valence-corrected chi connectivity index (χ3v) is 18.5. The topological polar surface area (TPSA) is 307 Å². The smallest absolute Gasteiger partial charge is 0.338 e. The van der Waals surface area contributed by atoms with Crippen molar-refractivity contribution in [1.29, 1.82) is 0 Å². The third-order valence-electron chi connectivity index (χ3n) is 18.5. The van der Waals surface area contributed by atoms with Gasteiger partial charge < -0.3 is 58.8 Å².